The van der Waals surface area contributed by atoms with Gasteiger partial charge in [-0.25, -0.2) is 54.8 Å². The third-order valence-electron chi connectivity index (χ3n) is 10.1. The molecule has 27 heteroatoms. The highest BCUT2D eigenvalue weighted by atomic mass is 15.1. The van der Waals surface area contributed by atoms with Crippen molar-refractivity contribution in [3.05, 3.63) is 269 Å². The average Bonchev–Trinajstić information content (AvgIpc) is 3.55. The minimum absolute atomic E-state index is 0.711. The van der Waals surface area contributed by atoms with Crippen molar-refractivity contribution in [2.75, 3.05) is 0 Å². The van der Waals surface area contributed by atoms with Gasteiger partial charge >= 0.3 is 0 Å². The summed E-state index contributed by atoms with van der Waals surface area (Å²) in [6, 6.07) is 9.58. The third kappa shape index (κ3) is 45.7. The van der Waals surface area contributed by atoms with Crippen LogP contribution in [-0.4, -0.2) is 135 Å². The van der Waals surface area contributed by atoms with E-state index in [1.165, 1.54) is 19.0 Å². The van der Waals surface area contributed by atoms with Crippen molar-refractivity contribution >= 4 is 0 Å². The molecule has 0 spiro atoms. The van der Waals surface area contributed by atoms with Crippen molar-refractivity contribution in [2.24, 2.45) is 0 Å². The van der Waals surface area contributed by atoms with Crippen LogP contribution in [-0.2, 0) is 0 Å². The monoisotopic (exact) mass is 1230 g/mol. The average molecular weight is 1230 g/mol. The zero-order chi connectivity index (χ0) is 67.4. The summed E-state index contributed by atoms with van der Waals surface area (Å²) < 4.78 is 0. The third-order valence-corrected chi connectivity index (χ3v) is 10.1. The lowest BCUT2D eigenvalue weighted by Gasteiger charge is -1.91. The number of hydrogen-bond donors (Lipinski definition) is 0. The second-order valence-electron chi connectivity index (χ2n) is 18.8. The summed E-state index contributed by atoms with van der Waals surface area (Å²) in [7, 11) is 0. The van der Waals surface area contributed by atoms with Crippen LogP contribution in [0.3, 0.4) is 0 Å². The fourth-order valence-corrected chi connectivity index (χ4v) is 5.11. The van der Waals surface area contributed by atoms with Crippen LogP contribution in [0, 0.1) is 132 Å². The van der Waals surface area contributed by atoms with Crippen LogP contribution in [0.2, 0.25) is 0 Å². The van der Waals surface area contributed by atoms with E-state index < -0.39 is 0 Å². The maximum atomic E-state index is 4.11. The summed E-state index contributed by atoms with van der Waals surface area (Å²) in [5.74, 6) is 3.85. The zero-order valence-electron chi connectivity index (χ0n) is 55.6. The fourth-order valence-electron chi connectivity index (χ4n) is 5.11. The van der Waals surface area contributed by atoms with Crippen LogP contribution < -0.4 is 0 Å². The molecule has 91 heavy (non-hydrogen) atoms. The van der Waals surface area contributed by atoms with Crippen molar-refractivity contribution in [2.45, 2.75) is 132 Å². The van der Waals surface area contributed by atoms with Crippen LogP contribution in [0.1, 0.15) is 108 Å². The molecule has 12 rings (SSSR count). The minimum atomic E-state index is 0.711. The second kappa shape index (κ2) is 48.8. The summed E-state index contributed by atoms with van der Waals surface area (Å²) >= 11 is 0. The lowest BCUT2D eigenvalue weighted by atomic mass is 10.3. The van der Waals surface area contributed by atoms with Crippen molar-refractivity contribution in [3.63, 3.8) is 0 Å². The predicted octanol–water partition coefficient (Wildman–Crippen LogP) is 9.76. The van der Waals surface area contributed by atoms with E-state index in [4.69, 9.17) is 0 Å². The Morgan fingerprint density at radius 3 is 1.01 bits per heavy atom. The molecule has 0 bridgehead atoms. The molecule has 0 saturated heterocycles. The molecule has 12 heterocycles. The Kier molecular flexibility index (Phi) is 41.7. The van der Waals surface area contributed by atoms with E-state index in [1.54, 1.807) is 100 Å². The smallest absolute Gasteiger partial charge is 0.147 e. The highest BCUT2D eigenvalue weighted by molar-refractivity contribution is 5.11. The van der Waals surface area contributed by atoms with Crippen LogP contribution in [0.25, 0.3) is 0 Å². The first-order valence-corrected chi connectivity index (χ1v) is 28.0. The summed E-state index contributed by atoms with van der Waals surface area (Å²) in [5, 5.41) is 29.4. The Morgan fingerprint density at radius 1 is 0.220 bits per heavy atom. The first-order valence-electron chi connectivity index (χ1n) is 28.0. The number of rotatable bonds is 0. The van der Waals surface area contributed by atoms with Gasteiger partial charge in [0.05, 0.1) is 69.3 Å². The van der Waals surface area contributed by atoms with Crippen molar-refractivity contribution in [3.8, 4) is 0 Å². The van der Waals surface area contributed by atoms with Gasteiger partial charge in [-0.05, 0) is 179 Å². The lowest BCUT2D eigenvalue weighted by molar-refractivity contribution is 0.907. The molecule has 0 aliphatic rings. The minimum Gasteiger partial charge on any atom is -0.261 e. The first kappa shape index (κ1) is 77.8. The standard InChI is InChI=1S/6C6H8N2.C5H7N3.3C5H6N2.2C4H5N3/c1-5-3-7-4-8-6(5)2;1-5-3-8-6(2)4-7-5;1-5-3-7-4-6(2)8-5;1-5-3-7-6(2)8-4-5;1-5-6(2)8-4-3-7-5;1-5-3-4-6(2)8-7-5;1-4-6-3-7-5(2)8-4;1-5-4-6-2-3-7-5;1-5-2-3-6-7-4-5;1-5-3-2-4-6-7-5;1-4-6-2-5-3-7-4;1-4-5-2-3-6-7-4/h6*3-4H,1-2H3;3H,1-2H3;3*2-4H,1H3;2*2-3H,1H3. The molecule has 0 aliphatic carbocycles. The quantitative estimate of drug-likeness (QED) is 0.136. The van der Waals surface area contributed by atoms with Gasteiger partial charge in [-0.2, -0.15) is 35.7 Å². The van der Waals surface area contributed by atoms with E-state index in [0.717, 1.165) is 103 Å². The molecular formula is C64H83N27. The molecule has 0 atom stereocenters. The van der Waals surface area contributed by atoms with Crippen molar-refractivity contribution < 1.29 is 0 Å². The van der Waals surface area contributed by atoms with E-state index in [2.05, 4.69) is 135 Å². The molecule has 0 radical (unpaired) electrons. The van der Waals surface area contributed by atoms with Crippen molar-refractivity contribution in [1.82, 2.24) is 135 Å². The summed E-state index contributed by atoms with van der Waals surface area (Å²) in [6.07, 6.45) is 35.1. The first-order chi connectivity index (χ1) is 43.5. The van der Waals surface area contributed by atoms with Gasteiger partial charge in [0, 0.05) is 98.6 Å². The maximum absolute atomic E-state index is 4.11. The Morgan fingerprint density at radius 2 is 0.725 bits per heavy atom. The van der Waals surface area contributed by atoms with Gasteiger partial charge in [-0.1, -0.05) is 0 Å². The van der Waals surface area contributed by atoms with Crippen LogP contribution in [0.15, 0.2) is 161 Å². The number of aromatic nitrogens is 27. The molecule has 12 aromatic rings. The van der Waals surface area contributed by atoms with Gasteiger partial charge in [0.25, 0.3) is 0 Å². The van der Waals surface area contributed by atoms with E-state index >= 15 is 0 Å². The van der Waals surface area contributed by atoms with E-state index in [9.17, 15) is 0 Å². The largest absolute Gasteiger partial charge is 0.261 e. The number of hydrogen-bond acceptors (Lipinski definition) is 27. The van der Waals surface area contributed by atoms with Gasteiger partial charge in [0.15, 0.2) is 0 Å². The van der Waals surface area contributed by atoms with Crippen LogP contribution in [0.4, 0.5) is 0 Å². The Bertz CT molecular complexity index is 3130. The zero-order valence-corrected chi connectivity index (χ0v) is 55.6. The van der Waals surface area contributed by atoms with Crippen LogP contribution in [0.5, 0.6) is 0 Å². The fraction of sp³-hybridized carbons (Fsp3) is 0.297. The molecule has 0 amide bonds. The number of nitrogens with zero attached hydrogens (tertiary/aromatic N) is 27. The van der Waals surface area contributed by atoms with E-state index in [-0.39, 0.29) is 0 Å². The molecule has 474 valence electrons. The van der Waals surface area contributed by atoms with Gasteiger partial charge in [0.1, 0.15) is 54.4 Å². The van der Waals surface area contributed by atoms with E-state index in [0.29, 0.717) is 5.82 Å². The molecule has 12 aromatic heterocycles. The lowest BCUT2D eigenvalue weighted by Crippen LogP contribution is -1.91. The Hall–Kier alpha value is -11.2. The van der Waals surface area contributed by atoms with Gasteiger partial charge in [-0.3, -0.25) is 39.9 Å². The molecular weight excluding hydrogens is 1150 g/mol. The van der Waals surface area contributed by atoms with E-state index in [1.807, 2.05) is 174 Å². The highest BCUT2D eigenvalue weighted by Gasteiger charge is 1.90. The van der Waals surface area contributed by atoms with Gasteiger partial charge < -0.3 is 0 Å². The SMILES string of the molecule is Cc1ccc(C)nn1.Cc1cccnn1.Cc1ccnnc1.Cc1cnc(C)cn1.Cc1cnc(C)nc1.Cc1cncc(C)n1.Cc1cnccn1.Cc1cncnc1C.Cc1nccnc1C.Cc1nccnn1.Cc1ncnc(C)n1.Cc1ncncn1. The normalized spacial score (nSPS) is 9.04. The Labute approximate surface area is 534 Å². The predicted molar refractivity (Wildman–Crippen MR) is 348 cm³/mol. The maximum Gasteiger partial charge on any atom is 0.147 e. The molecule has 0 saturated carbocycles. The summed E-state index contributed by atoms with van der Waals surface area (Å²) in [6.45, 7) is 36.4. The van der Waals surface area contributed by atoms with Gasteiger partial charge in [0.2, 0.25) is 0 Å². The number of aryl methyl sites for hydroxylation is 19. The molecule has 0 fully saturated rings. The molecule has 0 aliphatic heterocycles. The highest BCUT2D eigenvalue weighted by Crippen LogP contribution is 1.97. The van der Waals surface area contributed by atoms with Crippen molar-refractivity contribution in [1.29, 1.82) is 0 Å². The molecule has 0 aromatic carbocycles. The molecule has 0 unspecified atom stereocenters. The van der Waals surface area contributed by atoms with Gasteiger partial charge in [-0.15, -0.1) is 5.10 Å². The Balaban J connectivity index is 0.000000497. The summed E-state index contributed by atoms with van der Waals surface area (Å²) in [4.78, 5) is 74.1. The van der Waals surface area contributed by atoms with Crippen LogP contribution >= 0.6 is 0 Å². The summed E-state index contributed by atoms with van der Waals surface area (Å²) in [5.41, 5.74) is 14.2. The molecule has 0 N–H and O–H groups in total. The topological polar surface area (TPSA) is 348 Å². The second-order valence-corrected chi connectivity index (χ2v) is 18.8. The molecule has 27 nitrogen and oxygen atoms in total.